The van der Waals surface area contributed by atoms with Crippen LogP contribution >= 0.6 is 0 Å². The van der Waals surface area contributed by atoms with Crippen LogP contribution in [-0.4, -0.2) is 130 Å². The number of hydrogen-bond acceptors (Lipinski definition) is 13. The van der Waals surface area contributed by atoms with Crippen molar-refractivity contribution in [2.24, 2.45) is 0 Å². The quantitative estimate of drug-likeness (QED) is 0.144. The molecule has 0 bridgehead atoms. The zero-order chi connectivity index (χ0) is 22.1. The topological polar surface area (TPSA) is 297 Å². The first kappa shape index (κ1) is 31.7. The van der Waals surface area contributed by atoms with Crippen molar-refractivity contribution in [1.29, 1.82) is 0 Å². The summed E-state index contributed by atoms with van der Waals surface area (Å²) in [5.41, 5.74) is 0. The molecule has 0 aromatic heterocycles. The van der Waals surface area contributed by atoms with Gasteiger partial charge in [0.1, 0.15) is 36.6 Å². The molecule has 0 saturated heterocycles. The molecule has 11 N–H and O–H groups in total. The van der Waals surface area contributed by atoms with Crippen LogP contribution in [0.5, 0.6) is 0 Å². The van der Waals surface area contributed by atoms with Crippen LogP contribution in [0.2, 0.25) is 0 Å². The molecule has 15 nitrogen and oxygen atoms in total. The van der Waals surface area contributed by atoms with Crippen molar-refractivity contribution in [2.75, 3.05) is 6.61 Å². The first-order valence-electron chi connectivity index (χ1n) is 6.92. The molecule has 8 atom stereocenters. The smallest absolute Gasteiger partial charge is 0.547 e. The molecule has 160 valence electrons. The average molecular weight is 428 g/mol. The van der Waals surface area contributed by atoms with Gasteiger partial charge in [0.25, 0.3) is 0 Å². The minimum atomic E-state index is -2.36. The van der Waals surface area contributed by atoms with Crippen LogP contribution in [0.25, 0.3) is 0 Å². The molecule has 28 heavy (non-hydrogen) atoms. The van der Waals surface area contributed by atoms with E-state index in [2.05, 4.69) is 0 Å². The molecule has 0 aliphatic carbocycles. The van der Waals surface area contributed by atoms with E-state index in [0.29, 0.717) is 0 Å². The van der Waals surface area contributed by atoms with Gasteiger partial charge in [0, 0.05) is 0 Å². The fourth-order valence-corrected chi connectivity index (χ4v) is 1.33. The Hall–Kier alpha value is -0.950. The van der Waals surface area contributed by atoms with Crippen molar-refractivity contribution in [3.8, 4) is 0 Å². The maximum atomic E-state index is 10.1. The number of carboxylic acids is 3. The van der Waals surface area contributed by atoms with E-state index in [4.69, 9.17) is 56.2 Å². The van der Waals surface area contributed by atoms with E-state index in [1.807, 2.05) is 0 Å². The predicted octanol–water partition coefficient (Wildman–Crippen LogP) is -11.2. The van der Waals surface area contributed by atoms with Crippen molar-refractivity contribution in [1.82, 2.24) is 0 Å². The molecule has 0 saturated carbocycles. The molecule has 0 aromatic rings. The fraction of sp³-hybridized carbons (Fsp3) is 0.750. The van der Waals surface area contributed by atoms with Crippen LogP contribution in [0, 0.1) is 0 Å². The molecule has 0 heterocycles. The van der Waals surface area contributed by atoms with E-state index < -0.39 is 73.3 Å². The number of aliphatic hydroxyl groups is 9. The van der Waals surface area contributed by atoms with Gasteiger partial charge in [-0.3, -0.25) is 0 Å². The van der Waals surface area contributed by atoms with E-state index in [1.54, 1.807) is 0 Å². The standard InChI is InChI=1S/C6H10O8.C6H12O7.Na/c7-1(3(9)5(11)12)2(8)4(10)6(13)14;7-1-2(8)3(9)4(10)5(11)6(12)13;/h1-4,7-10H,(H,11,12)(H,13,14);2-5,7-11H,1H2,(H,12,13);/q;;+1/p-1. The second-order valence-corrected chi connectivity index (χ2v) is 5.04. The summed E-state index contributed by atoms with van der Waals surface area (Å²) in [6, 6.07) is 0. The van der Waals surface area contributed by atoms with Crippen molar-refractivity contribution in [3.05, 3.63) is 0 Å². The van der Waals surface area contributed by atoms with E-state index >= 15 is 0 Å². The number of aliphatic carboxylic acids is 3. The van der Waals surface area contributed by atoms with Crippen molar-refractivity contribution in [2.45, 2.75) is 48.8 Å². The van der Waals surface area contributed by atoms with Crippen molar-refractivity contribution >= 4 is 17.9 Å². The summed E-state index contributed by atoms with van der Waals surface area (Å²) in [6.07, 6.45) is -17.4. The van der Waals surface area contributed by atoms with Crippen LogP contribution in [0.15, 0.2) is 0 Å². The first-order chi connectivity index (χ1) is 12.2. The van der Waals surface area contributed by atoms with Crippen molar-refractivity contribution < 1.29 is 105 Å². The molecule has 0 fully saturated rings. The molecule has 0 aromatic carbocycles. The third-order valence-corrected chi connectivity index (χ3v) is 3.00. The second-order valence-electron chi connectivity index (χ2n) is 5.04. The van der Waals surface area contributed by atoms with Gasteiger partial charge in [0.05, 0.1) is 12.6 Å². The van der Waals surface area contributed by atoms with Gasteiger partial charge in [-0.1, -0.05) is 0 Å². The van der Waals surface area contributed by atoms with Gasteiger partial charge < -0.3 is 66.1 Å². The number of carboxylic acid groups (broad SMARTS) is 3. The Kier molecular flexibility index (Phi) is 17.0. The largest absolute Gasteiger partial charge is 1.00 e. The maximum absolute atomic E-state index is 10.1. The molecule has 0 radical (unpaired) electrons. The third kappa shape index (κ3) is 10.6. The molecule has 0 amide bonds. The van der Waals surface area contributed by atoms with E-state index in [-0.39, 0.29) is 29.6 Å². The van der Waals surface area contributed by atoms with Gasteiger partial charge >= 0.3 is 41.5 Å². The van der Waals surface area contributed by atoms with Crippen LogP contribution in [0.3, 0.4) is 0 Å². The van der Waals surface area contributed by atoms with E-state index in [1.165, 1.54) is 0 Å². The summed E-state index contributed by atoms with van der Waals surface area (Å²) in [7, 11) is 0. The Morgan fingerprint density at radius 3 is 1.14 bits per heavy atom. The van der Waals surface area contributed by atoms with Gasteiger partial charge in [-0.25, -0.2) is 9.59 Å². The average Bonchev–Trinajstić information content (AvgIpc) is 2.62. The summed E-state index contributed by atoms with van der Waals surface area (Å²) in [5.74, 6) is -5.65. The first-order valence-corrected chi connectivity index (χ1v) is 6.92. The van der Waals surface area contributed by atoms with E-state index in [0.717, 1.165) is 0 Å². The zero-order valence-corrected chi connectivity index (χ0v) is 16.4. The van der Waals surface area contributed by atoms with Gasteiger partial charge in [0.15, 0.2) is 12.2 Å². The number of carbonyl (C=O) groups excluding carboxylic acids is 1. The summed E-state index contributed by atoms with van der Waals surface area (Å²) in [5, 5.41) is 105. The van der Waals surface area contributed by atoms with Crippen molar-refractivity contribution in [3.63, 3.8) is 0 Å². The van der Waals surface area contributed by atoms with Crippen LogP contribution in [0.1, 0.15) is 0 Å². The molecule has 0 aliphatic heterocycles. The summed E-state index contributed by atoms with van der Waals surface area (Å²) >= 11 is 0. The third-order valence-electron chi connectivity index (χ3n) is 3.00. The Morgan fingerprint density at radius 1 is 0.643 bits per heavy atom. The molecule has 0 spiro atoms. The maximum Gasteiger partial charge on any atom is 1.00 e. The minimum absolute atomic E-state index is 0. The molecular weight excluding hydrogens is 407 g/mol. The zero-order valence-electron chi connectivity index (χ0n) is 14.4. The minimum Gasteiger partial charge on any atom is -0.547 e. The normalized spacial score (nSPS) is 19.2. The number of carbonyl (C=O) groups is 3. The predicted molar refractivity (Wildman–Crippen MR) is 75.4 cm³/mol. The van der Waals surface area contributed by atoms with Gasteiger partial charge in [-0.2, -0.15) is 0 Å². The molecule has 0 aliphatic rings. The monoisotopic (exact) mass is 428 g/mol. The summed E-state index contributed by atoms with van der Waals surface area (Å²) in [4.78, 5) is 30.2. The van der Waals surface area contributed by atoms with Gasteiger partial charge in [0.2, 0.25) is 0 Å². The molecular formula is C12H21NaO15. The van der Waals surface area contributed by atoms with Crippen LogP contribution < -0.4 is 34.7 Å². The molecule has 16 heteroatoms. The molecule has 8 unspecified atom stereocenters. The van der Waals surface area contributed by atoms with Gasteiger partial charge in [-0.05, 0) is 0 Å². The summed E-state index contributed by atoms with van der Waals surface area (Å²) in [6.45, 7) is -0.863. The Morgan fingerprint density at radius 2 is 0.929 bits per heavy atom. The second kappa shape index (κ2) is 15.0. The fourth-order valence-electron chi connectivity index (χ4n) is 1.33. The number of hydrogen-bond donors (Lipinski definition) is 11. The van der Waals surface area contributed by atoms with Gasteiger partial charge in [-0.15, -0.1) is 0 Å². The Labute approximate surface area is 178 Å². The Bertz CT molecular complexity index is 464. The Balaban J connectivity index is -0.000000432. The number of rotatable bonds is 10. The van der Waals surface area contributed by atoms with Crippen LogP contribution in [-0.2, 0) is 14.4 Å². The SMILES string of the molecule is O=C(O)C(O)C(O)C(O)C(O)C(=O)O.O=C([O-])C(O)C(O)C(O)C(O)CO.[Na+]. The molecule has 0 rings (SSSR count). The van der Waals surface area contributed by atoms with Crippen LogP contribution in [0.4, 0.5) is 0 Å². The van der Waals surface area contributed by atoms with E-state index in [9.17, 15) is 19.5 Å². The summed E-state index contributed by atoms with van der Waals surface area (Å²) < 4.78 is 0. The number of aliphatic hydroxyl groups excluding tert-OH is 9.